The van der Waals surface area contributed by atoms with E-state index in [1.807, 2.05) is 0 Å². The maximum absolute atomic E-state index is 13.2. The summed E-state index contributed by atoms with van der Waals surface area (Å²) in [5.74, 6) is -1.54. The van der Waals surface area contributed by atoms with E-state index in [2.05, 4.69) is 5.32 Å². The molecule has 0 aromatic heterocycles. The molecule has 112 valence electrons. The molecule has 1 aromatic rings. The molecular formula is C14H13ClFNO4. The van der Waals surface area contributed by atoms with Gasteiger partial charge in [-0.3, -0.25) is 9.59 Å². The number of carboxylic acids is 1. The summed E-state index contributed by atoms with van der Waals surface area (Å²) in [7, 11) is 0. The highest BCUT2D eigenvalue weighted by Gasteiger charge is 2.72. The Morgan fingerprint density at radius 3 is 2.62 bits per heavy atom. The van der Waals surface area contributed by atoms with Crippen LogP contribution in [0.25, 0.3) is 0 Å². The summed E-state index contributed by atoms with van der Waals surface area (Å²) in [4.78, 5) is 22.7. The van der Waals surface area contributed by atoms with Gasteiger partial charge in [0.2, 0.25) is 0 Å². The van der Waals surface area contributed by atoms with Gasteiger partial charge in [0, 0.05) is 11.6 Å². The van der Waals surface area contributed by atoms with Crippen molar-refractivity contribution in [2.45, 2.75) is 24.8 Å². The van der Waals surface area contributed by atoms with Gasteiger partial charge in [-0.2, -0.15) is 0 Å². The molecule has 3 fully saturated rings. The van der Waals surface area contributed by atoms with Gasteiger partial charge < -0.3 is 15.2 Å². The molecule has 3 aliphatic rings. The van der Waals surface area contributed by atoms with E-state index in [-0.39, 0.29) is 28.8 Å². The molecular weight excluding hydrogens is 301 g/mol. The molecule has 0 aliphatic heterocycles. The highest BCUT2D eigenvalue weighted by molar-refractivity contribution is 6.30. The van der Waals surface area contributed by atoms with Gasteiger partial charge in [-0.15, -0.1) is 0 Å². The fraction of sp³-hybridized carbons (Fsp3) is 0.429. The lowest BCUT2D eigenvalue weighted by molar-refractivity contribution is -0.200. The van der Waals surface area contributed by atoms with Gasteiger partial charge in [0.25, 0.3) is 5.91 Å². The normalized spacial score (nSPS) is 29.0. The lowest BCUT2D eigenvalue weighted by Crippen LogP contribution is -2.77. The number of ether oxygens (including phenoxy) is 1. The van der Waals surface area contributed by atoms with Crippen molar-refractivity contribution in [3.63, 3.8) is 0 Å². The number of benzene rings is 1. The van der Waals surface area contributed by atoms with E-state index in [0.29, 0.717) is 19.3 Å². The average Bonchev–Trinajstić information content (AvgIpc) is 2.33. The summed E-state index contributed by atoms with van der Waals surface area (Å²) >= 11 is 5.54. The van der Waals surface area contributed by atoms with Crippen LogP contribution >= 0.6 is 11.6 Å². The Bertz CT molecular complexity index is 614. The Balaban J connectivity index is 1.48. The largest absolute Gasteiger partial charge is 0.484 e. The quantitative estimate of drug-likeness (QED) is 0.871. The van der Waals surface area contributed by atoms with E-state index in [1.54, 1.807) is 0 Å². The van der Waals surface area contributed by atoms with E-state index in [0.717, 1.165) is 6.07 Å². The first-order valence-corrected chi connectivity index (χ1v) is 6.84. The molecule has 1 aromatic carbocycles. The van der Waals surface area contributed by atoms with Crippen molar-refractivity contribution in [3.8, 4) is 5.75 Å². The molecule has 0 spiro atoms. The number of hydrogen-bond donors (Lipinski definition) is 2. The highest BCUT2D eigenvalue weighted by atomic mass is 35.5. The summed E-state index contributed by atoms with van der Waals surface area (Å²) in [5.41, 5.74) is -1.02. The molecule has 3 saturated carbocycles. The SMILES string of the molecule is O=C(COc1ccc(Cl)c(F)c1)NC12CC(C(=O)O)(C1)C2. The van der Waals surface area contributed by atoms with Crippen molar-refractivity contribution in [1.29, 1.82) is 0 Å². The van der Waals surface area contributed by atoms with E-state index < -0.39 is 17.2 Å². The van der Waals surface area contributed by atoms with E-state index in [1.165, 1.54) is 12.1 Å². The molecule has 21 heavy (non-hydrogen) atoms. The van der Waals surface area contributed by atoms with E-state index in [4.69, 9.17) is 21.4 Å². The molecule has 0 atom stereocenters. The molecule has 0 radical (unpaired) electrons. The second kappa shape index (κ2) is 4.59. The third-order valence-electron chi connectivity index (χ3n) is 4.15. The van der Waals surface area contributed by atoms with Crippen LogP contribution in [0.1, 0.15) is 19.3 Å². The zero-order chi connectivity index (χ0) is 15.3. The Hall–Kier alpha value is -1.82. The number of carboxylic acid groups (broad SMARTS) is 1. The summed E-state index contributed by atoms with van der Waals surface area (Å²) in [6.45, 7) is -0.247. The standard InChI is InChI=1S/C14H13ClFNO4/c15-9-2-1-8(3-10(9)16)21-4-11(18)17-14-5-13(6-14,7-14)12(19)20/h1-3H,4-7H2,(H,17,18)(H,19,20). The van der Waals surface area contributed by atoms with Gasteiger partial charge in [0.05, 0.1) is 10.4 Å². The number of carbonyl (C=O) groups is 2. The minimum atomic E-state index is -0.800. The third kappa shape index (κ3) is 2.33. The zero-order valence-corrected chi connectivity index (χ0v) is 11.7. The molecule has 0 heterocycles. The molecule has 4 rings (SSSR count). The molecule has 5 nitrogen and oxygen atoms in total. The number of aliphatic carboxylic acids is 1. The maximum atomic E-state index is 13.2. The molecule has 0 unspecified atom stereocenters. The first-order chi connectivity index (χ1) is 9.84. The molecule has 7 heteroatoms. The Kier molecular flexibility index (Phi) is 3.09. The van der Waals surface area contributed by atoms with Crippen molar-refractivity contribution in [2.75, 3.05) is 6.61 Å². The smallest absolute Gasteiger partial charge is 0.309 e. The molecule has 2 N–H and O–H groups in total. The van der Waals surface area contributed by atoms with Crippen LogP contribution in [0.5, 0.6) is 5.75 Å². The van der Waals surface area contributed by atoms with Crippen molar-refractivity contribution in [2.24, 2.45) is 5.41 Å². The zero-order valence-electron chi connectivity index (χ0n) is 11.0. The topological polar surface area (TPSA) is 75.6 Å². The van der Waals surface area contributed by atoms with Crippen LogP contribution in [0.3, 0.4) is 0 Å². The average molecular weight is 314 g/mol. The van der Waals surface area contributed by atoms with Gasteiger partial charge in [-0.05, 0) is 31.4 Å². The van der Waals surface area contributed by atoms with Crippen LogP contribution in [-0.4, -0.2) is 29.1 Å². The predicted molar refractivity (Wildman–Crippen MR) is 71.7 cm³/mol. The van der Waals surface area contributed by atoms with Crippen LogP contribution in [0.15, 0.2) is 18.2 Å². The maximum Gasteiger partial charge on any atom is 0.309 e. The number of hydrogen-bond acceptors (Lipinski definition) is 3. The molecule has 0 saturated heterocycles. The Morgan fingerprint density at radius 2 is 2.05 bits per heavy atom. The first-order valence-electron chi connectivity index (χ1n) is 6.47. The van der Waals surface area contributed by atoms with Crippen LogP contribution < -0.4 is 10.1 Å². The van der Waals surface area contributed by atoms with Gasteiger partial charge in [0.1, 0.15) is 11.6 Å². The fourth-order valence-corrected chi connectivity index (χ4v) is 3.31. The Labute approximate surface area is 125 Å². The third-order valence-corrected chi connectivity index (χ3v) is 4.46. The summed E-state index contributed by atoms with van der Waals surface area (Å²) in [5, 5.41) is 11.8. The molecule has 2 bridgehead atoms. The van der Waals surface area contributed by atoms with Gasteiger partial charge in [0.15, 0.2) is 6.61 Å². The number of rotatable bonds is 5. The monoisotopic (exact) mass is 313 g/mol. The van der Waals surface area contributed by atoms with Gasteiger partial charge >= 0.3 is 5.97 Å². The van der Waals surface area contributed by atoms with Crippen LogP contribution in [0.4, 0.5) is 4.39 Å². The van der Waals surface area contributed by atoms with E-state index >= 15 is 0 Å². The van der Waals surface area contributed by atoms with E-state index in [9.17, 15) is 14.0 Å². The minimum Gasteiger partial charge on any atom is -0.484 e. The predicted octanol–water partition coefficient (Wildman–Crippen LogP) is 1.98. The van der Waals surface area contributed by atoms with Crippen molar-refractivity contribution >= 4 is 23.5 Å². The number of amides is 1. The fourth-order valence-electron chi connectivity index (χ4n) is 3.19. The summed E-state index contributed by atoms with van der Waals surface area (Å²) < 4.78 is 18.4. The summed E-state index contributed by atoms with van der Waals surface area (Å²) in [6.07, 6.45) is 1.41. The van der Waals surface area contributed by atoms with Gasteiger partial charge in [-0.1, -0.05) is 11.6 Å². The van der Waals surface area contributed by atoms with Crippen LogP contribution in [0, 0.1) is 11.2 Å². The molecule has 3 aliphatic carbocycles. The lowest BCUT2D eigenvalue weighted by atomic mass is 9.39. The van der Waals surface area contributed by atoms with Crippen LogP contribution in [-0.2, 0) is 9.59 Å². The second-order valence-corrected chi connectivity index (χ2v) is 6.22. The summed E-state index contributed by atoms with van der Waals surface area (Å²) in [6, 6.07) is 3.93. The number of halogens is 2. The first kappa shape index (κ1) is 14.1. The number of nitrogens with one attached hydrogen (secondary N) is 1. The lowest BCUT2D eigenvalue weighted by Gasteiger charge is -2.67. The Morgan fingerprint density at radius 1 is 1.38 bits per heavy atom. The second-order valence-electron chi connectivity index (χ2n) is 5.81. The highest BCUT2D eigenvalue weighted by Crippen LogP contribution is 2.67. The number of carbonyl (C=O) groups excluding carboxylic acids is 1. The van der Waals surface area contributed by atoms with Crippen molar-refractivity contribution < 1.29 is 23.8 Å². The van der Waals surface area contributed by atoms with Crippen molar-refractivity contribution in [3.05, 3.63) is 29.0 Å². The van der Waals surface area contributed by atoms with Crippen LogP contribution in [0.2, 0.25) is 5.02 Å². The van der Waals surface area contributed by atoms with Crippen molar-refractivity contribution in [1.82, 2.24) is 5.32 Å². The minimum absolute atomic E-state index is 0.0142. The van der Waals surface area contributed by atoms with Gasteiger partial charge in [-0.25, -0.2) is 4.39 Å². The molecule has 1 amide bonds.